The molecule has 0 saturated heterocycles. The third-order valence-corrected chi connectivity index (χ3v) is 6.13. The lowest BCUT2D eigenvalue weighted by molar-refractivity contribution is -0.141. The number of carbonyl (C=O) groups excluding carboxylic acids is 2. The summed E-state index contributed by atoms with van der Waals surface area (Å²) in [5, 5.41) is 9.53. The molecule has 0 aliphatic carbocycles. The molecule has 2 aromatic rings. The van der Waals surface area contributed by atoms with Crippen LogP contribution in [0.3, 0.4) is 0 Å². The summed E-state index contributed by atoms with van der Waals surface area (Å²) in [6, 6.07) is 4.13. The van der Waals surface area contributed by atoms with E-state index in [1.807, 2.05) is 12.1 Å². The molecule has 0 radical (unpaired) electrons. The fraction of sp³-hybridized carbons (Fsp3) is 0.520. The number of Topliss-reactive ketones (excluding diaryl/α,β-unsaturated/α-hetero) is 1. The molecule has 1 aliphatic rings. The summed E-state index contributed by atoms with van der Waals surface area (Å²) in [4.78, 5) is 50.3. The summed E-state index contributed by atoms with van der Waals surface area (Å²) in [7, 11) is 2.78. The number of anilines is 1. The van der Waals surface area contributed by atoms with Gasteiger partial charge in [-0.15, -0.1) is 0 Å². The molecule has 1 aliphatic heterocycles. The highest BCUT2D eigenvalue weighted by atomic mass is 16.5. The maximum atomic E-state index is 12.7. The van der Waals surface area contributed by atoms with Gasteiger partial charge in [-0.3, -0.25) is 14.5 Å². The van der Waals surface area contributed by atoms with Crippen LogP contribution in [-0.2, 0) is 27.2 Å². The number of hydrogen-bond donors (Lipinski definition) is 1. The number of hydrogen-bond acceptors (Lipinski definition) is 8. The van der Waals surface area contributed by atoms with Gasteiger partial charge in [0.2, 0.25) is 0 Å². The number of aromatic nitrogens is 3. The lowest BCUT2D eigenvalue weighted by atomic mass is 9.91. The number of carbonyl (C=O) groups is 3. The number of aryl methyl sites for hydroxylation is 2. The second kappa shape index (κ2) is 12.8. The Labute approximate surface area is 204 Å². The maximum Gasteiger partial charge on any atom is 0.413 e. The molecule has 0 unspecified atom stereocenters. The van der Waals surface area contributed by atoms with Crippen molar-refractivity contribution in [1.82, 2.24) is 15.0 Å². The highest BCUT2D eigenvalue weighted by molar-refractivity contribution is 5.86. The standard InChI is InChI=1S/C25H32N4O6/c1-34-22(31)14-18(19-15-26-24(35-2)27-16-19)13-21(30)9-4-3-8-20-11-10-17-7-5-6-12-29(25(32)33)23(17)28-20/h10-11,15-16,18H,3-9,12-14H2,1-2H3,(H,32,33)/t18-/m0/s1. The summed E-state index contributed by atoms with van der Waals surface area (Å²) in [5.41, 5.74) is 2.47. The van der Waals surface area contributed by atoms with Crippen LogP contribution in [0, 0.1) is 0 Å². The van der Waals surface area contributed by atoms with Crippen molar-refractivity contribution in [2.45, 2.75) is 63.7 Å². The van der Waals surface area contributed by atoms with Crippen LogP contribution in [0.4, 0.5) is 10.6 Å². The minimum atomic E-state index is -0.979. The molecule has 35 heavy (non-hydrogen) atoms. The predicted octanol–water partition coefficient (Wildman–Crippen LogP) is 3.72. The van der Waals surface area contributed by atoms with Gasteiger partial charge in [-0.2, -0.15) is 0 Å². The number of amides is 1. The van der Waals surface area contributed by atoms with E-state index in [2.05, 4.69) is 15.0 Å². The number of fused-ring (bicyclic) bond motifs is 1. The number of carboxylic acid groups (broad SMARTS) is 1. The van der Waals surface area contributed by atoms with Gasteiger partial charge < -0.3 is 14.6 Å². The normalized spacial score (nSPS) is 13.9. The number of ether oxygens (including phenoxy) is 2. The third kappa shape index (κ3) is 7.46. The van der Waals surface area contributed by atoms with Gasteiger partial charge in [-0.25, -0.2) is 19.7 Å². The number of pyridine rings is 1. The number of rotatable bonds is 11. The Morgan fingerprint density at radius 1 is 1.09 bits per heavy atom. The average molecular weight is 485 g/mol. The number of unbranched alkanes of at least 4 members (excludes halogenated alkanes) is 1. The molecule has 10 heteroatoms. The van der Waals surface area contributed by atoms with E-state index in [0.29, 0.717) is 37.2 Å². The van der Waals surface area contributed by atoms with Crippen molar-refractivity contribution in [3.63, 3.8) is 0 Å². The second-order valence-electron chi connectivity index (χ2n) is 8.61. The van der Waals surface area contributed by atoms with Crippen molar-refractivity contribution >= 4 is 23.7 Å². The molecule has 1 atom stereocenters. The topological polar surface area (TPSA) is 132 Å². The fourth-order valence-corrected chi connectivity index (χ4v) is 4.20. The molecule has 0 aromatic carbocycles. The van der Waals surface area contributed by atoms with Gasteiger partial charge in [0.05, 0.1) is 20.6 Å². The molecular weight excluding hydrogens is 452 g/mol. The first-order chi connectivity index (χ1) is 16.9. The van der Waals surface area contributed by atoms with Gasteiger partial charge in [0.15, 0.2) is 0 Å². The Hall–Kier alpha value is -3.56. The molecular formula is C25H32N4O6. The van der Waals surface area contributed by atoms with Crippen LogP contribution < -0.4 is 9.64 Å². The highest BCUT2D eigenvalue weighted by Crippen LogP contribution is 2.27. The van der Waals surface area contributed by atoms with Crippen LogP contribution in [0.5, 0.6) is 6.01 Å². The van der Waals surface area contributed by atoms with Gasteiger partial charge in [0, 0.05) is 43.4 Å². The molecule has 3 heterocycles. The van der Waals surface area contributed by atoms with Crippen LogP contribution in [0.2, 0.25) is 0 Å². The lowest BCUT2D eigenvalue weighted by Gasteiger charge is -2.18. The van der Waals surface area contributed by atoms with Crippen molar-refractivity contribution in [3.8, 4) is 6.01 Å². The second-order valence-corrected chi connectivity index (χ2v) is 8.61. The minimum Gasteiger partial charge on any atom is -0.469 e. The van der Waals surface area contributed by atoms with Gasteiger partial charge in [-0.1, -0.05) is 6.07 Å². The molecule has 0 fully saturated rings. The van der Waals surface area contributed by atoms with E-state index in [0.717, 1.165) is 36.9 Å². The molecule has 3 rings (SSSR count). The third-order valence-electron chi connectivity index (χ3n) is 6.13. The molecule has 0 spiro atoms. The number of ketones is 1. The first-order valence-electron chi connectivity index (χ1n) is 11.8. The SMILES string of the molecule is COC(=O)C[C@H](CC(=O)CCCCc1ccc2c(n1)N(C(=O)O)CCCC2)c1cnc(OC)nc1. The summed E-state index contributed by atoms with van der Waals surface area (Å²) in [5.74, 6) is -0.185. The average Bonchev–Trinajstić information content (AvgIpc) is 3.08. The molecule has 1 amide bonds. The van der Waals surface area contributed by atoms with Gasteiger partial charge >= 0.3 is 18.1 Å². The predicted molar refractivity (Wildman–Crippen MR) is 128 cm³/mol. The largest absolute Gasteiger partial charge is 0.469 e. The molecule has 2 aromatic heterocycles. The van der Waals surface area contributed by atoms with Crippen LogP contribution >= 0.6 is 0 Å². The summed E-state index contributed by atoms with van der Waals surface area (Å²) in [6.07, 6.45) is 7.45. The zero-order valence-electron chi connectivity index (χ0n) is 20.2. The molecule has 1 N–H and O–H groups in total. The Morgan fingerprint density at radius 2 is 1.86 bits per heavy atom. The van der Waals surface area contributed by atoms with E-state index in [9.17, 15) is 19.5 Å². The Kier molecular flexibility index (Phi) is 9.51. The van der Waals surface area contributed by atoms with Crippen LogP contribution in [0.15, 0.2) is 24.5 Å². The van der Waals surface area contributed by atoms with Crippen LogP contribution in [0.25, 0.3) is 0 Å². The fourth-order valence-electron chi connectivity index (χ4n) is 4.20. The van der Waals surface area contributed by atoms with Crippen molar-refractivity contribution in [2.24, 2.45) is 0 Å². The van der Waals surface area contributed by atoms with Crippen LogP contribution in [-0.4, -0.2) is 58.7 Å². The van der Waals surface area contributed by atoms with Crippen molar-refractivity contribution in [3.05, 3.63) is 41.3 Å². The smallest absolute Gasteiger partial charge is 0.413 e. The van der Waals surface area contributed by atoms with E-state index in [1.54, 1.807) is 12.4 Å². The highest BCUT2D eigenvalue weighted by Gasteiger charge is 2.23. The number of nitrogens with zero attached hydrogens (tertiary/aromatic N) is 4. The van der Waals surface area contributed by atoms with Gasteiger partial charge in [-0.05, 0) is 55.7 Å². The van der Waals surface area contributed by atoms with E-state index in [1.165, 1.54) is 19.1 Å². The zero-order chi connectivity index (χ0) is 25.2. The van der Waals surface area contributed by atoms with E-state index in [-0.39, 0.29) is 30.6 Å². The lowest BCUT2D eigenvalue weighted by Crippen LogP contribution is -2.31. The summed E-state index contributed by atoms with van der Waals surface area (Å²) in [6.45, 7) is 0.458. The van der Waals surface area contributed by atoms with Crippen LogP contribution in [0.1, 0.15) is 67.7 Å². The first kappa shape index (κ1) is 26.1. The van der Waals surface area contributed by atoms with Crippen molar-refractivity contribution in [1.29, 1.82) is 0 Å². The minimum absolute atomic E-state index is 0.0432. The molecule has 0 saturated carbocycles. The van der Waals surface area contributed by atoms with E-state index >= 15 is 0 Å². The van der Waals surface area contributed by atoms with Gasteiger partial charge in [0.1, 0.15) is 11.6 Å². The van der Waals surface area contributed by atoms with Crippen molar-refractivity contribution < 1.29 is 29.0 Å². The van der Waals surface area contributed by atoms with E-state index < -0.39 is 12.1 Å². The summed E-state index contributed by atoms with van der Waals surface area (Å²) >= 11 is 0. The van der Waals surface area contributed by atoms with E-state index in [4.69, 9.17) is 9.47 Å². The quantitative estimate of drug-likeness (QED) is 0.374. The maximum absolute atomic E-state index is 12.7. The van der Waals surface area contributed by atoms with Gasteiger partial charge in [0.25, 0.3) is 0 Å². The molecule has 10 nitrogen and oxygen atoms in total. The van der Waals surface area contributed by atoms with Crippen molar-refractivity contribution in [2.75, 3.05) is 25.7 Å². The zero-order valence-corrected chi connectivity index (χ0v) is 20.2. The number of methoxy groups -OCH3 is 2. The Bertz CT molecular complexity index is 1030. The Morgan fingerprint density at radius 3 is 2.54 bits per heavy atom. The molecule has 188 valence electrons. The number of esters is 1. The Balaban J connectivity index is 1.54. The molecule has 0 bridgehead atoms. The summed E-state index contributed by atoms with van der Waals surface area (Å²) < 4.78 is 9.75. The first-order valence-corrected chi connectivity index (χ1v) is 11.8. The monoisotopic (exact) mass is 484 g/mol.